The van der Waals surface area contributed by atoms with Crippen LogP contribution in [0.2, 0.25) is 0 Å². The zero-order chi connectivity index (χ0) is 26.6. The second kappa shape index (κ2) is 10.9. The first-order chi connectivity index (χ1) is 17.7. The van der Waals surface area contributed by atoms with Crippen LogP contribution in [-0.4, -0.2) is 62.2 Å². The Morgan fingerprint density at radius 3 is 2.35 bits per heavy atom. The number of hydrogen-bond donors (Lipinski definition) is 2. The van der Waals surface area contributed by atoms with E-state index in [0.29, 0.717) is 25.1 Å². The largest absolute Gasteiger partial charge is 0.495 e. The minimum atomic E-state index is -3.76. The summed E-state index contributed by atoms with van der Waals surface area (Å²) >= 11 is 0. The lowest BCUT2D eigenvalue weighted by Crippen LogP contribution is -2.44. The van der Waals surface area contributed by atoms with Crippen LogP contribution in [-0.2, 0) is 25.2 Å². The highest BCUT2D eigenvalue weighted by atomic mass is 32.2. The Labute approximate surface area is 217 Å². The maximum atomic E-state index is 13.3. The fourth-order valence-electron chi connectivity index (χ4n) is 4.84. The van der Waals surface area contributed by atoms with Crippen LogP contribution < -0.4 is 15.4 Å². The number of carbonyl (C=O) groups excluding carboxylic acids is 3. The summed E-state index contributed by atoms with van der Waals surface area (Å²) in [7, 11) is -2.36. The molecule has 4 rings (SSSR count). The number of sulfonamides is 1. The Hall–Kier alpha value is -3.44. The Bertz CT molecular complexity index is 1280. The van der Waals surface area contributed by atoms with Gasteiger partial charge in [-0.3, -0.25) is 14.5 Å². The number of carbonyl (C=O) groups is 3. The first-order valence-corrected chi connectivity index (χ1v) is 13.8. The highest BCUT2D eigenvalue weighted by molar-refractivity contribution is 7.89. The van der Waals surface area contributed by atoms with Crippen molar-refractivity contribution in [1.82, 2.24) is 14.5 Å². The molecule has 0 aromatic heterocycles. The summed E-state index contributed by atoms with van der Waals surface area (Å²) in [5.41, 5.74) is -0.482. The minimum absolute atomic E-state index is 0.0366. The maximum Gasteiger partial charge on any atom is 0.325 e. The molecule has 0 radical (unpaired) electrons. The van der Waals surface area contributed by atoms with Crippen LogP contribution in [0.3, 0.4) is 0 Å². The molecule has 11 heteroatoms. The normalized spacial score (nSPS) is 20.9. The van der Waals surface area contributed by atoms with Crippen LogP contribution in [0.25, 0.3) is 0 Å². The first kappa shape index (κ1) is 26.6. The SMILES string of the molecule is CC[C@]1(c2ccccc2)NC(=O)N(CC(=O)Nc2cc(S(=O)(=O)N3CCCCCC3)ccc2OC)C1=O. The number of imide groups is 1. The van der Waals surface area contributed by atoms with Crippen LogP contribution in [0.1, 0.15) is 44.6 Å². The highest BCUT2D eigenvalue weighted by Gasteiger charge is 2.51. The molecule has 1 atom stereocenters. The Morgan fingerprint density at radius 2 is 1.73 bits per heavy atom. The first-order valence-electron chi connectivity index (χ1n) is 12.4. The van der Waals surface area contributed by atoms with Gasteiger partial charge < -0.3 is 15.4 Å². The van der Waals surface area contributed by atoms with Crippen LogP contribution in [0.4, 0.5) is 10.5 Å². The Kier molecular flexibility index (Phi) is 7.84. The fraction of sp³-hybridized carbons (Fsp3) is 0.423. The molecule has 2 fully saturated rings. The molecule has 4 amide bonds. The zero-order valence-corrected chi connectivity index (χ0v) is 21.8. The van der Waals surface area contributed by atoms with Crippen molar-refractivity contribution in [1.29, 1.82) is 0 Å². The van der Waals surface area contributed by atoms with Gasteiger partial charge in [0.2, 0.25) is 15.9 Å². The van der Waals surface area contributed by atoms with E-state index in [-0.39, 0.29) is 16.3 Å². The fourth-order valence-corrected chi connectivity index (χ4v) is 6.39. The number of benzene rings is 2. The molecule has 10 nitrogen and oxygen atoms in total. The smallest absolute Gasteiger partial charge is 0.325 e. The molecule has 2 aromatic rings. The molecule has 2 heterocycles. The van der Waals surface area contributed by atoms with Crippen molar-refractivity contribution in [2.24, 2.45) is 0 Å². The maximum absolute atomic E-state index is 13.3. The van der Waals surface area contributed by atoms with E-state index in [1.165, 1.54) is 29.6 Å². The van der Waals surface area contributed by atoms with Gasteiger partial charge in [-0.2, -0.15) is 4.31 Å². The van der Waals surface area contributed by atoms with E-state index in [1.54, 1.807) is 31.2 Å². The lowest BCUT2D eigenvalue weighted by atomic mass is 9.87. The van der Waals surface area contributed by atoms with E-state index >= 15 is 0 Å². The van der Waals surface area contributed by atoms with Gasteiger partial charge in [-0.15, -0.1) is 0 Å². The molecule has 37 heavy (non-hydrogen) atoms. The second-order valence-corrected chi connectivity index (χ2v) is 11.1. The molecule has 2 aromatic carbocycles. The van der Waals surface area contributed by atoms with Crippen LogP contribution in [0, 0.1) is 0 Å². The average Bonchev–Trinajstić information content (AvgIpc) is 3.08. The summed E-state index contributed by atoms with van der Waals surface area (Å²) in [5, 5.41) is 5.36. The van der Waals surface area contributed by atoms with E-state index in [9.17, 15) is 22.8 Å². The van der Waals surface area contributed by atoms with Crippen LogP contribution in [0.5, 0.6) is 5.75 Å². The van der Waals surface area contributed by atoms with Crippen molar-refractivity contribution in [3.63, 3.8) is 0 Å². The predicted molar refractivity (Wildman–Crippen MR) is 138 cm³/mol. The molecule has 2 saturated heterocycles. The van der Waals surface area contributed by atoms with E-state index in [0.717, 1.165) is 30.6 Å². The predicted octanol–water partition coefficient (Wildman–Crippen LogP) is 3.06. The Morgan fingerprint density at radius 1 is 1.05 bits per heavy atom. The van der Waals surface area contributed by atoms with Crippen LogP contribution >= 0.6 is 0 Å². The molecule has 2 aliphatic heterocycles. The number of amides is 4. The number of anilines is 1. The lowest BCUT2D eigenvalue weighted by molar-refractivity contribution is -0.134. The average molecular weight is 529 g/mol. The Balaban J connectivity index is 1.54. The molecule has 198 valence electrons. The molecule has 0 bridgehead atoms. The van der Waals surface area contributed by atoms with Crippen LogP contribution in [0.15, 0.2) is 53.4 Å². The summed E-state index contributed by atoms with van der Waals surface area (Å²) in [6.07, 6.45) is 3.88. The number of nitrogens with zero attached hydrogens (tertiary/aromatic N) is 2. The van der Waals surface area contributed by atoms with E-state index < -0.39 is 40.0 Å². The third-order valence-corrected chi connectivity index (χ3v) is 8.82. The number of methoxy groups -OCH3 is 1. The summed E-state index contributed by atoms with van der Waals surface area (Å²) in [5.74, 6) is -0.926. The van der Waals surface area contributed by atoms with E-state index in [2.05, 4.69) is 10.6 Å². The highest BCUT2D eigenvalue weighted by Crippen LogP contribution is 2.33. The van der Waals surface area contributed by atoms with Crippen molar-refractivity contribution in [3.8, 4) is 5.75 Å². The van der Waals surface area contributed by atoms with E-state index in [4.69, 9.17) is 4.74 Å². The van der Waals surface area contributed by atoms with Crippen molar-refractivity contribution >= 4 is 33.6 Å². The standard InChI is InChI=1S/C26H32N4O6S/c1-3-26(19-11-7-6-8-12-19)24(32)30(25(33)28-26)18-23(31)27-21-17-20(13-14-22(21)36-2)37(34,35)29-15-9-4-5-10-16-29/h6-8,11-14,17H,3-5,9-10,15-16,18H2,1-2H3,(H,27,31)(H,28,33)/t26-/m1/s1. The molecule has 0 spiro atoms. The molecule has 2 aliphatic rings. The third-order valence-electron chi connectivity index (χ3n) is 6.92. The molecule has 0 saturated carbocycles. The lowest BCUT2D eigenvalue weighted by Gasteiger charge is -2.25. The van der Waals surface area contributed by atoms with Gasteiger partial charge in [0, 0.05) is 13.1 Å². The van der Waals surface area contributed by atoms with Crippen molar-refractivity contribution in [3.05, 3.63) is 54.1 Å². The monoisotopic (exact) mass is 528 g/mol. The minimum Gasteiger partial charge on any atom is -0.495 e. The number of nitrogens with one attached hydrogen (secondary N) is 2. The van der Waals surface area contributed by atoms with Gasteiger partial charge >= 0.3 is 6.03 Å². The van der Waals surface area contributed by atoms with Crippen molar-refractivity contribution < 1.29 is 27.5 Å². The molecule has 0 aliphatic carbocycles. The van der Waals surface area contributed by atoms with E-state index in [1.807, 2.05) is 6.07 Å². The second-order valence-electron chi connectivity index (χ2n) is 9.17. The molecule has 0 unspecified atom stereocenters. The molecular formula is C26H32N4O6S. The molecule has 2 N–H and O–H groups in total. The summed E-state index contributed by atoms with van der Waals surface area (Å²) in [6, 6.07) is 12.5. The number of ether oxygens (including phenoxy) is 1. The summed E-state index contributed by atoms with van der Waals surface area (Å²) < 4.78 is 33.3. The number of urea groups is 1. The summed E-state index contributed by atoms with van der Waals surface area (Å²) in [6.45, 7) is 2.15. The van der Waals surface area contributed by atoms with Crippen molar-refractivity contribution in [2.45, 2.75) is 49.5 Å². The number of hydrogen-bond acceptors (Lipinski definition) is 6. The van der Waals surface area contributed by atoms with Gasteiger partial charge in [0.1, 0.15) is 17.8 Å². The van der Waals surface area contributed by atoms with Gasteiger partial charge in [-0.1, -0.05) is 50.1 Å². The van der Waals surface area contributed by atoms with Gasteiger partial charge in [0.15, 0.2) is 0 Å². The topological polar surface area (TPSA) is 125 Å². The van der Waals surface area contributed by atoms with Gasteiger partial charge in [0.05, 0.1) is 17.7 Å². The zero-order valence-electron chi connectivity index (χ0n) is 21.0. The third kappa shape index (κ3) is 5.19. The quantitative estimate of drug-likeness (QED) is 0.508. The van der Waals surface area contributed by atoms with Gasteiger partial charge in [-0.25, -0.2) is 13.2 Å². The van der Waals surface area contributed by atoms with Gasteiger partial charge in [-0.05, 0) is 43.0 Å². The molecular weight excluding hydrogens is 496 g/mol. The summed E-state index contributed by atoms with van der Waals surface area (Å²) in [4.78, 5) is 39.9. The van der Waals surface area contributed by atoms with Gasteiger partial charge in [0.25, 0.3) is 5.91 Å². The van der Waals surface area contributed by atoms with Crippen molar-refractivity contribution in [2.75, 3.05) is 32.1 Å². The number of rotatable bonds is 8.